The lowest BCUT2D eigenvalue weighted by Crippen LogP contribution is -3.00. The Balaban J connectivity index is 0.00000351. The number of benzene rings is 3. The van der Waals surface area contributed by atoms with Gasteiger partial charge in [0.1, 0.15) is 23.2 Å². The van der Waals surface area contributed by atoms with Crippen molar-refractivity contribution < 1.29 is 41.3 Å². The molecule has 6 nitrogen and oxygen atoms in total. The lowest BCUT2D eigenvalue weighted by atomic mass is 9.53. The summed E-state index contributed by atoms with van der Waals surface area (Å²) in [4.78, 5) is 37.8. The van der Waals surface area contributed by atoms with Gasteiger partial charge < -0.3 is 22.3 Å². The molecule has 5 aliphatic carbocycles. The number of hydrogen-bond donors (Lipinski definition) is 1. The second-order valence-electron chi connectivity index (χ2n) is 14.7. The highest BCUT2D eigenvalue weighted by molar-refractivity contribution is 7.95. The molecule has 9 rings (SSSR count). The van der Waals surface area contributed by atoms with Gasteiger partial charge in [0.25, 0.3) is 0 Å². The Morgan fingerprint density at radius 1 is 0.681 bits per heavy atom. The zero-order valence-electron chi connectivity index (χ0n) is 27.1. The number of hydrogen-bond acceptors (Lipinski definition) is 5. The van der Waals surface area contributed by atoms with Crippen molar-refractivity contribution in [1.29, 1.82) is 0 Å². The van der Waals surface area contributed by atoms with Gasteiger partial charge in [-0.25, -0.2) is 0 Å². The van der Waals surface area contributed by atoms with Gasteiger partial charge in [0.2, 0.25) is 17.5 Å². The van der Waals surface area contributed by atoms with Crippen molar-refractivity contribution in [1.82, 2.24) is 5.32 Å². The van der Waals surface area contributed by atoms with Crippen molar-refractivity contribution in [2.24, 2.45) is 29.6 Å². The van der Waals surface area contributed by atoms with Crippen LogP contribution in [0.4, 0.5) is 0 Å². The van der Waals surface area contributed by atoms with Crippen LogP contribution in [0.1, 0.15) is 70.6 Å². The Hall–Kier alpha value is -2.12. The minimum atomic E-state index is -1.89. The normalized spacial score (nSPS) is 32.6. The second kappa shape index (κ2) is 14.0. The fourth-order valence-electron chi connectivity index (χ4n) is 9.67. The van der Waals surface area contributed by atoms with Gasteiger partial charge in [-0.1, -0.05) is 54.6 Å². The van der Waals surface area contributed by atoms with Crippen molar-refractivity contribution in [2.75, 3.05) is 12.7 Å². The smallest absolute Gasteiger partial charge is 0.239 e. The van der Waals surface area contributed by atoms with Crippen LogP contribution in [0.15, 0.2) is 91.0 Å². The lowest BCUT2D eigenvalue weighted by molar-refractivity contribution is -0.680. The van der Waals surface area contributed by atoms with Crippen LogP contribution >= 0.6 is 7.26 Å². The first kappa shape index (κ1) is 33.4. The summed E-state index contributed by atoms with van der Waals surface area (Å²) < 4.78 is 0. The minimum absolute atomic E-state index is 0. The third kappa shape index (κ3) is 6.37. The summed E-state index contributed by atoms with van der Waals surface area (Å²) in [7, 11) is -1.89. The molecule has 0 atom stereocenters. The van der Waals surface area contributed by atoms with E-state index < -0.39 is 18.8 Å². The van der Waals surface area contributed by atoms with Gasteiger partial charge in [0.15, 0.2) is 0 Å². The van der Waals surface area contributed by atoms with Crippen molar-refractivity contribution in [2.45, 2.75) is 82.2 Å². The molecule has 1 N–H and O–H groups in total. The molecule has 3 aromatic rings. The number of rotatable bonds is 9. The standard InChI is InChI=1S/C39H46NO5P.BrH/c41-37(28-29-17-19-38(20-18-29)42-44-39(45-43-38)32-24-30-23-31(26-32)27-33(39)25-30)40-21-10-22-46(34-11-4-1-5-12-34,35-13-6-2-7-14-35)36-15-8-3-9-16-36;/h1-9,11-16,29-33H,10,17-28H2;1H/t29?,30-,31+,32-,33+,38?,39?;. The number of amides is 1. The molecule has 250 valence electrons. The van der Waals surface area contributed by atoms with E-state index in [9.17, 15) is 4.79 Å². The van der Waals surface area contributed by atoms with Crippen molar-refractivity contribution in [3.8, 4) is 0 Å². The first-order valence-electron chi connectivity index (χ1n) is 17.6. The maximum Gasteiger partial charge on any atom is 0.239 e. The summed E-state index contributed by atoms with van der Waals surface area (Å²) in [5.74, 6) is 1.28. The van der Waals surface area contributed by atoms with Crippen LogP contribution in [0.3, 0.4) is 0 Å². The van der Waals surface area contributed by atoms with Crippen LogP contribution in [0.25, 0.3) is 0 Å². The molecule has 47 heavy (non-hydrogen) atoms. The third-order valence-corrected chi connectivity index (χ3v) is 16.4. The van der Waals surface area contributed by atoms with E-state index in [1.807, 2.05) is 0 Å². The molecular formula is C39H47BrNO5P. The lowest BCUT2D eigenvalue weighted by Gasteiger charge is -2.60. The Labute approximate surface area is 290 Å². The van der Waals surface area contributed by atoms with Crippen LogP contribution in [-0.2, 0) is 24.3 Å². The summed E-state index contributed by atoms with van der Waals surface area (Å²) >= 11 is 0. The highest BCUT2D eigenvalue weighted by atomic mass is 79.9. The van der Waals surface area contributed by atoms with Crippen LogP contribution in [0, 0.1) is 29.6 Å². The van der Waals surface area contributed by atoms with Crippen LogP contribution in [0.5, 0.6) is 0 Å². The molecule has 2 spiro atoms. The molecule has 5 saturated carbocycles. The van der Waals surface area contributed by atoms with E-state index in [2.05, 4.69) is 96.3 Å². The van der Waals surface area contributed by atoms with E-state index in [0.29, 0.717) is 43.6 Å². The number of halogens is 1. The van der Waals surface area contributed by atoms with Gasteiger partial charge in [-0.05, 0) is 106 Å². The zero-order chi connectivity index (χ0) is 31.0. The molecule has 3 aromatic carbocycles. The highest BCUT2D eigenvalue weighted by Crippen LogP contribution is 2.62. The van der Waals surface area contributed by atoms with Gasteiger partial charge in [0.05, 0.1) is 6.16 Å². The van der Waals surface area contributed by atoms with Crippen molar-refractivity contribution in [3.63, 3.8) is 0 Å². The summed E-state index contributed by atoms with van der Waals surface area (Å²) in [6, 6.07) is 32.8. The maximum atomic E-state index is 13.1. The maximum absolute atomic E-state index is 13.1. The predicted octanol–water partition coefficient (Wildman–Crippen LogP) is 3.83. The average molecular weight is 721 g/mol. The van der Waals surface area contributed by atoms with Crippen molar-refractivity contribution in [3.05, 3.63) is 91.0 Å². The summed E-state index contributed by atoms with van der Waals surface area (Å²) in [6.45, 7) is 0.670. The molecule has 1 amide bonds. The summed E-state index contributed by atoms with van der Waals surface area (Å²) in [5.41, 5.74) is 0. The fraction of sp³-hybridized carbons (Fsp3) is 0.513. The van der Waals surface area contributed by atoms with Gasteiger partial charge in [-0.15, -0.1) is 0 Å². The summed E-state index contributed by atoms with van der Waals surface area (Å²) in [5, 5.41) is 7.40. The predicted molar refractivity (Wildman–Crippen MR) is 181 cm³/mol. The molecule has 8 heteroatoms. The van der Waals surface area contributed by atoms with E-state index in [1.165, 1.54) is 22.3 Å². The first-order valence-corrected chi connectivity index (χ1v) is 19.6. The second-order valence-corrected chi connectivity index (χ2v) is 18.3. The van der Waals surface area contributed by atoms with Gasteiger partial charge in [0, 0.05) is 37.6 Å². The Morgan fingerprint density at radius 2 is 1.15 bits per heavy atom. The molecule has 1 aliphatic heterocycles. The van der Waals surface area contributed by atoms with E-state index in [4.69, 9.17) is 19.6 Å². The van der Waals surface area contributed by atoms with Crippen LogP contribution in [0.2, 0.25) is 0 Å². The highest BCUT2D eigenvalue weighted by Gasteiger charge is 2.64. The average Bonchev–Trinajstić information content (AvgIpc) is 3.10. The van der Waals surface area contributed by atoms with E-state index in [0.717, 1.165) is 62.9 Å². The number of carbonyl (C=O) groups is 1. The van der Waals surface area contributed by atoms with E-state index in [1.54, 1.807) is 0 Å². The van der Waals surface area contributed by atoms with Gasteiger partial charge in [-0.2, -0.15) is 19.6 Å². The third-order valence-electron chi connectivity index (χ3n) is 11.8. The van der Waals surface area contributed by atoms with Crippen LogP contribution in [-0.4, -0.2) is 30.2 Å². The Morgan fingerprint density at radius 3 is 1.62 bits per heavy atom. The molecule has 0 aromatic heterocycles. The van der Waals surface area contributed by atoms with E-state index >= 15 is 0 Å². The van der Waals surface area contributed by atoms with Gasteiger partial charge in [-0.3, -0.25) is 4.79 Å². The molecule has 6 fully saturated rings. The fourth-order valence-corrected chi connectivity index (χ4v) is 14.0. The number of carbonyl (C=O) groups excluding carboxylic acids is 1. The Kier molecular flexibility index (Phi) is 9.95. The number of nitrogens with one attached hydrogen (secondary N) is 1. The van der Waals surface area contributed by atoms with E-state index in [-0.39, 0.29) is 22.9 Å². The largest absolute Gasteiger partial charge is 1.00 e. The monoisotopic (exact) mass is 719 g/mol. The van der Waals surface area contributed by atoms with Crippen molar-refractivity contribution >= 4 is 29.1 Å². The Bertz CT molecular complexity index is 1350. The molecule has 0 radical (unpaired) electrons. The molecule has 6 aliphatic rings. The molecule has 0 unspecified atom stereocenters. The van der Waals surface area contributed by atoms with Gasteiger partial charge >= 0.3 is 0 Å². The first-order chi connectivity index (χ1) is 22.6. The minimum Gasteiger partial charge on any atom is -1.00 e. The molecule has 1 saturated heterocycles. The van der Waals surface area contributed by atoms with Crippen LogP contribution < -0.4 is 38.2 Å². The molecule has 1 heterocycles. The topological polar surface area (TPSA) is 66.0 Å². The molecule has 4 bridgehead atoms. The SMILES string of the molecule is O=C(CC1CCC2(CC1)OOC1(OO2)[C@H]2C[C@@H]3C[C@@H](C[C@H]1C3)C2)NCCC[P+](c1ccccc1)(c1ccccc1)c1ccccc1.[Br-]. The zero-order valence-corrected chi connectivity index (χ0v) is 29.6. The molecular weight excluding hydrogens is 673 g/mol. The quantitative estimate of drug-likeness (QED) is 0.207. The summed E-state index contributed by atoms with van der Waals surface area (Å²) in [6.07, 6.45) is 11.5.